The van der Waals surface area contributed by atoms with E-state index < -0.39 is 12.6 Å². The smallest absolute Gasteiger partial charge is 0.328 e. The number of aliphatic carboxylic acids is 1. The third-order valence-electron chi connectivity index (χ3n) is 2.22. The molecule has 3 nitrogen and oxygen atoms in total. The van der Waals surface area contributed by atoms with Crippen molar-refractivity contribution < 1.29 is 19.0 Å². The van der Waals surface area contributed by atoms with Gasteiger partial charge in [-0.25, -0.2) is 9.18 Å². The normalized spacial score (nSPS) is 10.8. The van der Waals surface area contributed by atoms with E-state index in [4.69, 9.17) is 9.84 Å². The van der Waals surface area contributed by atoms with E-state index in [9.17, 15) is 9.18 Å². The summed E-state index contributed by atoms with van der Waals surface area (Å²) in [4.78, 5) is 10.4. The molecular weight excluding hydrogens is 223 g/mol. The second kappa shape index (κ2) is 6.03. The molecule has 0 amide bonds. The minimum atomic E-state index is -0.988. The van der Waals surface area contributed by atoms with Crippen LogP contribution in [0, 0.1) is 13.8 Å². The van der Waals surface area contributed by atoms with Crippen LogP contribution in [-0.4, -0.2) is 24.4 Å². The molecule has 1 aromatic carbocycles. The van der Waals surface area contributed by atoms with Gasteiger partial charge in [-0.15, -0.1) is 0 Å². The second-order valence-electron chi connectivity index (χ2n) is 3.69. The standard InChI is InChI=1S/C13H15FO3/c1-9-7-11(3-4-12(15)16)8-10(2)13(9)17-6-5-14/h3-4,7-8H,5-6H2,1-2H3,(H,15,16)/b4-3+. The number of carboxylic acids is 1. The zero-order valence-corrected chi connectivity index (χ0v) is 9.87. The number of ether oxygens (including phenoxy) is 1. The first-order valence-corrected chi connectivity index (χ1v) is 5.25. The molecule has 17 heavy (non-hydrogen) atoms. The van der Waals surface area contributed by atoms with Crippen molar-refractivity contribution in [3.05, 3.63) is 34.9 Å². The molecule has 0 bridgehead atoms. The van der Waals surface area contributed by atoms with Gasteiger partial charge in [0.25, 0.3) is 0 Å². The van der Waals surface area contributed by atoms with E-state index >= 15 is 0 Å². The van der Waals surface area contributed by atoms with Crippen molar-refractivity contribution in [3.8, 4) is 5.75 Å². The molecular formula is C13H15FO3. The van der Waals surface area contributed by atoms with Gasteiger partial charge in [-0.2, -0.15) is 0 Å². The second-order valence-corrected chi connectivity index (χ2v) is 3.69. The third kappa shape index (κ3) is 3.90. The molecule has 1 aromatic rings. The molecule has 0 spiro atoms. The molecule has 0 saturated heterocycles. The summed E-state index contributed by atoms with van der Waals surface area (Å²) in [5.74, 6) is -0.326. The Bertz CT molecular complexity index is 415. The fraction of sp³-hybridized carbons (Fsp3) is 0.308. The molecule has 0 unspecified atom stereocenters. The Balaban J connectivity index is 2.96. The zero-order chi connectivity index (χ0) is 12.8. The van der Waals surface area contributed by atoms with Crippen LogP contribution in [-0.2, 0) is 4.79 Å². The van der Waals surface area contributed by atoms with Gasteiger partial charge < -0.3 is 9.84 Å². The van der Waals surface area contributed by atoms with Crippen molar-refractivity contribution in [2.24, 2.45) is 0 Å². The first-order valence-electron chi connectivity index (χ1n) is 5.25. The average molecular weight is 238 g/mol. The van der Waals surface area contributed by atoms with E-state index in [2.05, 4.69) is 0 Å². The molecule has 0 aromatic heterocycles. The summed E-state index contributed by atoms with van der Waals surface area (Å²) in [6.07, 6.45) is 2.59. The summed E-state index contributed by atoms with van der Waals surface area (Å²) in [6, 6.07) is 3.61. The fourth-order valence-corrected chi connectivity index (χ4v) is 1.62. The molecule has 0 aliphatic carbocycles. The maximum absolute atomic E-state index is 12.0. The Hall–Kier alpha value is -1.84. The number of hydrogen-bond acceptors (Lipinski definition) is 2. The predicted octanol–water partition coefficient (Wildman–Crippen LogP) is 2.75. The van der Waals surface area contributed by atoms with E-state index in [0.717, 1.165) is 22.8 Å². The highest BCUT2D eigenvalue weighted by atomic mass is 19.1. The zero-order valence-electron chi connectivity index (χ0n) is 9.87. The van der Waals surface area contributed by atoms with Crippen molar-refractivity contribution in [2.45, 2.75) is 13.8 Å². The van der Waals surface area contributed by atoms with Crippen LogP contribution in [0.2, 0.25) is 0 Å². The van der Waals surface area contributed by atoms with Gasteiger partial charge in [-0.05, 0) is 48.7 Å². The Morgan fingerprint density at radius 3 is 2.47 bits per heavy atom. The molecule has 4 heteroatoms. The van der Waals surface area contributed by atoms with Crippen LogP contribution in [0.15, 0.2) is 18.2 Å². The molecule has 0 heterocycles. The van der Waals surface area contributed by atoms with Crippen LogP contribution in [0.5, 0.6) is 5.75 Å². The van der Waals surface area contributed by atoms with Gasteiger partial charge in [0, 0.05) is 6.08 Å². The van der Waals surface area contributed by atoms with E-state index in [0.29, 0.717) is 5.75 Å². The number of benzene rings is 1. The lowest BCUT2D eigenvalue weighted by molar-refractivity contribution is -0.131. The van der Waals surface area contributed by atoms with Crippen LogP contribution >= 0.6 is 0 Å². The lowest BCUT2D eigenvalue weighted by Gasteiger charge is -2.11. The number of aryl methyl sites for hydroxylation is 2. The highest BCUT2D eigenvalue weighted by molar-refractivity contribution is 5.85. The maximum atomic E-state index is 12.0. The van der Waals surface area contributed by atoms with Crippen molar-refractivity contribution in [3.63, 3.8) is 0 Å². The van der Waals surface area contributed by atoms with Gasteiger partial charge in [0.15, 0.2) is 0 Å². The largest absolute Gasteiger partial charge is 0.490 e. The Morgan fingerprint density at radius 1 is 1.41 bits per heavy atom. The van der Waals surface area contributed by atoms with Gasteiger partial charge in [0.1, 0.15) is 19.0 Å². The number of carbonyl (C=O) groups is 1. The van der Waals surface area contributed by atoms with Crippen molar-refractivity contribution in [1.29, 1.82) is 0 Å². The van der Waals surface area contributed by atoms with E-state index in [1.54, 1.807) is 12.1 Å². The monoisotopic (exact) mass is 238 g/mol. The van der Waals surface area contributed by atoms with Gasteiger partial charge in [-0.3, -0.25) is 0 Å². The SMILES string of the molecule is Cc1cc(/C=C/C(=O)O)cc(C)c1OCCF. The number of hydrogen-bond donors (Lipinski definition) is 1. The van der Waals surface area contributed by atoms with Crippen molar-refractivity contribution in [1.82, 2.24) is 0 Å². The topological polar surface area (TPSA) is 46.5 Å². The van der Waals surface area contributed by atoms with Crippen molar-refractivity contribution in [2.75, 3.05) is 13.3 Å². The van der Waals surface area contributed by atoms with Crippen LogP contribution in [0.25, 0.3) is 6.08 Å². The third-order valence-corrected chi connectivity index (χ3v) is 2.22. The molecule has 0 atom stereocenters. The van der Waals surface area contributed by atoms with E-state index in [1.165, 1.54) is 6.08 Å². The molecule has 0 aliphatic rings. The van der Waals surface area contributed by atoms with Gasteiger partial charge in [-0.1, -0.05) is 0 Å². The van der Waals surface area contributed by atoms with Crippen LogP contribution < -0.4 is 4.74 Å². The summed E-state index contributed by atoms with van der Waals surface area (Å²) in [5.41, 5.74) is 2.52. The lowest BCUT2D eigenvalue weighted by atomic mass is 10.1. The summed E-state index contributed by atoms with van der Waals surface area (Å²) in [5, 5.41) is 8.53. The Kier molecular flexibility index (Phi) is 4.69. The highest BCUT2D eigenvalue weighted by Crippen LogP contribution is 2.25. The van der Waals surface area contributed by atoms with Crippen LogP contribution in [0.1, 0.15) is 16.7 Å². The van der Waals surface area contributed by atoms with E-state index in [1.807, 2.05) is 13.8 Å². The predicted molar refractivity (Wildman–Crippen MR) is 64.1 cm³/mol. The molecule has 92 valence electrons. The molecule has 0 radical (unpaired) electrons. The molecule has 1 N–H and O–H groups in total. The van der Waals surface area contributed by atoms with Gasteiger partial charge in [0.2, 0.25) is 0 Å². The first kappa shape index (κ1) is 13.2. The van der Waals surface area contributed by atoms with Crippen molar-refractivity contribution >= 4 is 12.0 Å². The number of rotatable bonds is 5. The minimum absolute atomic E-state index is 0.0337. The maximum Gasteiger partial charge on any atom is 0.328 e. The quantitative estimate of drug-likeness (QED) is 0.802. The first-order chi connectivity index (χ1) is 8.04. The molecule has 0 saturated carbocycles. The number of alkyl halides is 1. The lowest BCUT2D eigenvalue weighted by Crippen LogP contribution is -2.02. The number of carboxylic acid groups (broad SMARTS) is 1. The van der Waals surface area contributed by atoms with Gasteiger partial charge in [0.05, 0.1) is 0 Å². The average Bonchev–Trinajstić information content (AvgIpc) is 2.25. The summed E-state index contributed by atoms with van der Waals surface area (Å²) in [6.45, 7) is 3.20. The summed E-state index contributed by atoms with van der Waals surface area (Å²) in [7, 11) is 0. The molecule has 0 aliphatic heterocycles. The van der Waals surface area contributed by atoms with Crippen LogP contribution in [0.3, 0.4) is 0 Å². The van der Waals surface area contributed by atoms with E-state index in [-0.39, 0.29) is 6.61 Å². The Labute approximate surface area is 99.5 Å². The highest BCUT2D eigenvalue weighted by Gasteiger charge is 2.05. The number of halogens is 1. The fourth-order valence-electron chi connectivity index (χ4n) is 1.62. The molecule has 0 fully saturated rings. The molecule has 1 rings (SSSR count). The van der Waals surface area contributed by atoms with Gasteiger partial charge >= 0.3 is 5.97 Å². The minimum Gasteiger partial charge on any atom is -0.490 e. The Morgan fingerprint density at radius 2 is 2.00 bits per heavy atom. The summed E-state index contributed by atoms with van der Waals surface area (Å²) >= 11 is 0. The van der Waals surface area contributed by atoms with Crippen LogP contribution in [0.4, 0.5) is 4.39 Å². The summed E-state index contributed by atoms with van der Waals surface area (Å²) < 4.78 is 17.3.